The Morgan fingerprint density at radius 3 is 1.91 bits per heavy atom. The highest BCUT2D eigenvalue weighted by Gasteiger charge is 2.51. The van der Waals surface area contributed by atoms with Gasteiger partial charge in [0.25, 0.3) is 0 Å². The summed E-state index contributed by atoms with van der Waals surface area (Å²) in [6, 6.07) is 0. The molecule has 0 aromatic carbocycles. The molecule has 4 aliphatic rings. The zero-order valence-electron chi connectivity index (χ0n) is 13.5. The van der Waals surface area contributed by atoms with Crippen LogP contribution in [0.2, 0.25) is 0 Å². The van der Waals surface area contributed by atoms with E-state index >= 15 is 0 Å². The van der Waals surface area contributed by atoms with Gasteiger partial charge in [0.05, 0.1) is 31.5 Å². The van der Waals surface area contributed by atoms with Crippen molar-refractivity contribution < 1.29 is 20.1 Å². The fraction of sp³-hybridized carbons (Fsp3) is 1.00. The van der Waals surface area contributed by atoms with Crippen LogP contribution in [0.25, 0.3) is 0 Å². The molecule has 0 aromatic heterocycles. The zero-order valence-corrected chi connectivity index (χ0v) is 13.5. The second-order valence-corrected chi connectivity index (χ2v) is 7.81. The first-order valence-corrected chi connectivity index (χ1v) is 8.88. The molecule has 1 atom stereocenters. The second-order valence-electron chi connectivity index (χ2n) is 7.81. The molecule has 4 rings (SSSR count). The molecule has 0 aromatic rings. The third-order valence-electron chi connectivity index (χ3n) is 5.87. The van der Waals surface area contributed by atoms with Crippen LogP contribution < -0.4 is 0 Å². The Hall–Kier alpha value is -0.200. The van der Waals surface area contributed by atoms with Crippen LogP contribution >= 0.6 is 0 Å². The van der Waals surface area contributed by atoms with Crippen molar-refractivity contribution in [2.24, 2.45) is 17.8 Å². The van der Waals surface area contributed by atoms with Gasteiger partial charge in [-0.05, 0) is 56.3 Å². The van der Waals surface area contributed by atoms with E-state index in [0.717, 1.165) is 17.8 Å². The lowest BCUT2D eigenvalue weighted by atomic mass is 9.54. The smallest absolute Gasteiger partial charge is 0.0900 e. The van der Waals surface area contributed by atoms with Crippen LogP contribution in [-0.4, -0.2) is 71.4 Å². The van der Waals surface area contributed by atoms with Crippen molar-refractivity contribution in [1.29, 1.82) is 0 Å². The summed E-state index contributed by atoms with van der Waals surface area (Å²) in [5, 5.41) is 28.3. The van der Waals surface area contributed by atoms with E-state index < -0.39 is 6.10 Å². The molecule has 4 saturated carbocycles. The molecule has 22 heavy (non-hydrogen) atoms. The summed E-state index contributed by atoms with van der Waals surface area (Å²) in [6.45, 7) is 1.88. The lowest BCUT2D eigenvalue weighted by molar-refractivity contribution is -0.176. The average molecular weight is 313 g/mol. The van der Waals surface area contributed by atoms with Crippen molar-refractivity contribution >= 4 is 0 Å². The van der Waals surface area contributed by atoms with Gasteiger partial charge in [0.1, 0.15) is 0 Å². The van der Waals surface area contributed by atoms with Gasteiger partial charge in [-0.1, -0.05) is 0 Å². The summed E-state index contributed by atoms with van der Waals surface area (Å²) < 4.78 is 6.26. The maximum atomic E-state index is 10.2. The molecule has 0 spiro atoms. The van der Waals surface area contributed by atoms with Gasteiger partial charge >= 0.3 is 0 Å². The van der Waals surface area contributed by atoms with Crippen molar-refractivity contribution in [2.75, 3.05) is 39.5 Å². The molecular weight excluding hydrogens is 282 g/mol. The van der Waals surface area contributed by atoms with Crippen LogP contribution in [0.1, 0.15) is 38.5 Å². The number of rotatable bonds is 9. The van der Waals surface area contributed by atoms with Crippen molar-refractivity contribution in [3.63, 3.8) is 0 Å². The Morgan fingerprint density at radius 2 is 1.45 bits per heavy atom. The predicted octanol–water partition coefficient (Wildman–Crippen LogP) is 0.619. The molecule has 0 heterocycles. The molecular formula is C17H31NO4. The molecule has 4 aliphatic carbocycles. The van der Waals surface area contributed by atoms with Gasteiger partial charge in [0.15, 0.2) is 0 Å². The second kappa shape index (κ2) is 7.14. The Bertz CT molecular complexity index is 321. The monoisotopic (exact) mass is 313 g/mol. The van der Waals surface area contributed by atoms with Gasteiger partial charge in [-0.25, -0.2) is 0 Å². The number of aliphatic hydroxyl groups excluding tert-OH is 3. The summed E-state index contributed by atoms with van der Waals surface area (Å²) in [7, 11) is 0. The zero-order chi connectivity index (χ0) is 15.6. The average Bonchev–Trinajstić information content (AvgIpc) is 2.44. The van der Waals surface area contributed by atoms with E-state index in [2.05, 4.69) is 0 Å². The number of nitrogens with zero attached hydrogens (tertiary/aromatic N) is 1. The molecule has 5 nitrogen and oxygen atoms in total. The number of hydrogen-bond acceptors (Lipinski definition) is 5. The maximum absolute atomic E-state index is 10.2. The van der Waals surface area contributed by atoms with E-state index in [1.807, 2.05) is 4.90 Å². The number of ether oxygens (including phenoxy) is 1. The third-order valence-corrected chi connectivity index (χ3v) is 5.87. The Morgan fingerprint density at radius 1 is 0.955 bits per heavy atom. The van der Waals surface area contributed by atoms with Crippen LogP contribution in [0.4, 0.5) is 0 Å². The molecule has 128 valence electrons. The largest absolute Gasteiger partial charge is 0.395 e. The Balaban J connectivity index is 1.47. The fourth-order valence-corrected chi connectivity index (χ4v) is 5.41. The highest BCUT2D eigenvalue weighted by molar-refractivity contribution is 5.03. The van der Waals surface area contributed by atoms with E-state index in [1.54, 1.807) is 0 Å². The molecule has 4 fully saturated rings. The summed E-state index contributed by atoms with van der Waals surface area (Å²) in [4.78, 5) is 1.88. The number of aliphatic hydroxyl groups is 3. The van der Waals surface area contributed by atoms with Crippen LogP contribution in [0.15, 0.2) is 0 Å². The van der Waals surface area contributed by atoms with E-state index in [-0.39, 0.29) is 18.8 Å². The summed E-state index contributed by atoms with van der Waals surface area (Å²) in [6.07, 6.45) is 7.18. The SMILES string of the molecule is OCCN(CCO)CC(O)COC12CC3CC(CC(C3)C1)C2. The van der Waals surface area contributed by atoms with Gasteiger partial charge in [-0.3, -0.25) is 4.90 Å². The highest BCUT2D eigenvalue weighted by Crippen LogP contribution is 2.57. The van der Waals surface area contributed by atoms with Gasteiger partial charge in [-0.2, -0.15) is 0 Å². The van der Waals surface area contributed by atoms with E-state index in [4.69, 9.17) is 14.9 Å². The summed E-state index contributed by atoms with van der Waals surface area (Å²) in [5.41, 5.74) is 0.0362. The number of hydrogen-bond donors (Lipinski definition) is 3. The first kappa shape index (κ1) is 16.7. The van der Waals surface area contributed by atoms with Crippen molar-refractivity contribution in [3.05, 3.63) is 0 Å². The van der Waals surface area contributed by atoms with E-state index in [0.29, 0.717) is 26.2 Å². The van der Waals surface area contributed by atoms with Crippen molar-refractivity contribution in [1.82, 2.24) is 4.90 Å². The minimum absolute atomic E-state index is 0.0362. The standard InChI is InChI=1S/C17H31NO4/c19-3-1-18(2-4-20)11-16(21)12-22-17-8-13-5-14(9-17)7-15(6-13)10-17/h13-16,19-21H,1-12H2. The van der Waals surface area contributed by atoms with E-state index in [9.17, 15) is 5.11 Å². The minimum atomic E-state index is -0.550. The Labute approximate surface area is 133 Å². The van der Waals surface area contributed by atoms with Gasteiger partial charge in [0, 0.05) is 19.6 Å². The van der Waals surface area contributed by atoms with Gasteiger partial charge in [-0.15, -0.1) is 0 Å². The molecule has 5 heteroatoms. The summed E-state index contributed by atoms with van der Waals surface area (Å²) in [5.74, 6) is 2.55. The van der Waals surface area contributed by atoms with E-state index in [1.165, 1.54) is 38.5 Å². The van der Waals surface area contributed by atoms with Crippen molar-refractivity contribution in [3.8, 4) is 0 Å². The third kappa shape index (κ3) is 3.82. The normalized spacial score (nSPS) is 37.9. The topological polar surface area (TPSA) is 73.2 Å². The van der Waals surface area contributed by atoms with Crippen LogP contribution in [0.5, 0.6) is 0 Å². The van der Waals surface area contributed by atoms with Crippen molar-refractivity contribution in [2.45, 2.75) is 50.2 Å². The summed E-state index contributed by atoms with van der Waals surface area (Å²) >= 11 is 0. The maximum Gasteiger partial charge on any atom is 0.0900 e. The molecule has 1 unspecified atom stereocenters. The molecule has 0 amide bonds. The minimum Gasteiger partial charge on any atom is -0.395 e. The molecule has 0 radical (unpaired) electrons. The molecule has 0 aliphatic heterocycles. The predicted molar refractivity (Wildman–Crippen MR) is 83.5 cm³/mol. The lowest BCUT2D eigenvalue weighted by Gasteiger charge is -2.56. The molecule has 3 N–H and O–H groups in total. The van der Waals surface area contributed by atoms with Crippen LogP contribution in [0, 0.1) is 17.8 Å². The fourth-order valence-electron chi connectivity index (χ4n) is 5.41. The van der Waals surface area contributed by atoms with Gasteiger partial charge < -0.3 is 20.1 Å². The van der Waals surface area contributed by atoms with Crippen LogP contribution in [-0.2, 0) is 4.74 Å². The first-order chi connectivity index (χ1) is 10.6. The molecule has 0 saturated heterocycles. The highest BCUT2D eigenvalue weighted by atomic mass is 16.5. The Kier molecular flexibility index (Phi) is 5.40. The van der Waals surface area contributed by atoms with Crippen LogP contribution in [0.3, 0.4) is 0 Å². The quantitative estimate of drug-likeness (QED) is 0.582. The first-order valence-electron chi connectivity index (χ1n) is 8.88. The lowest BCUT2D eigenvalue weighted by Crippen LogP contribution is -2.53. The van der Waals surface area contributed by atoms with Gasteiger partial charge in [0.2, 0.25) is 0 Å². The molecule has 4 bridgehead atoms.